The third-order valence-electron chi connectivity index (χ3n) is 2.61. The van der Waals surface area contributed by atoms with Crippen molar-refractivity contribution in [1.29, 1.82) is 0 Å². The predicted octanol–water partition coefficient (Wildman–Crippen LogP) is 4.80. The summed E-state index contributed by atoms with van der Waals surface area (Å²) >= 11 is 0. The largest absolute Gasteiger partial charge is 0.381 e. The Kier molecular flexibility index (Phi) is 9.18. The van der Waals surface area contributed by atoms with Gasteiger partial charge in [-0.3, -0.25) is 0 Å². The second-order valence-electron chi connectivity index (χ2n) is 5.69. The van der Waals surface area contributed by atoms with Crippen LogP contribution in [0.15, 0.2) is 0 Å². The standard InChI is InChI=1S/C14H30O/c1-5-6-7-9-12-15-13-10-8-11-14(2,3)4/h5-13H2,1-4H3. The molecule has 0 atom stereocenters. The molecule has 0 aliphatic rings. The second kappa shape index (κ2) is 9.21. The molecule has 1 heteroatoms. The van der Waals surface area contributed by atoms with E-state index in [0.29, 0.717) is 5.41 Å². The maximum atomic E-state index is 5.59. The van der Waals surface area contributed by atoms with Crippen LogP contribution in [-0.4, -0.2) is 13.2 Å². The van der Waals surface area contributed by atoms with E-state index in [4.69, 9.17) is 4.74 Å². The number of unbranched alkanes of at least 4 members (excludes halogenated alkanes) is 4. The molecular formula is C14H30O. The van der Waals surface area contributed by atoms with Gasteiger partial charge in [0.05, 0.1) is 0 Å². The average Bonchev–Trinajstić information content (AvgIpc) is 2.14. The molecule has 0 aromatic rings. The van der Waals surface area contributed by atoms with Crippen LogP contribution in [0.25, 0.3) is 0 Å². The van der Waals surface area contributed by atoms with Crippen molar-refractivity contribution in [3.8, 4) is 0 Å². The molecule has 0 N–H and O–H groups in total. The van der Waals surface area contributed by atoms with Crippen LogP contribution in [0.5, 0.6) is 0 Å². The first-order chi connectivity index (χ1) is 7.06. The van der Waals surface area contributed by atoms with Crippen molar-refractivity contribution in [1.82, 2.24) is 0 Å². The van der Waals surface area contributed by atoms with Crippen molar-refractivity contribution in [2.45, 2.75) is 72.6 Å². The average molecular weight is 214 g/mol. The molecule has 1 nitrogen and oxygen atoms in total. The summed E-state index contributed by atoms with van der Waals surface area (Å²) in [5.74, 6) is 0. The summed E-state index contributed by atoms with van der Waals surface area (Å²) in [7, 11) is 0. The van der Waals surface area contributed by atoms with Gasteiger partial charge in [0, 0.05) is 13.2 Å². The third-order valence-corrected chi connectivity index (χ3v) is 2.61. The van der Waals surface area contributed by atoms with Crippen molar-refractivity contribution in [3.05, 3.63) is 0 Å². The lowest BCUT2D eigenvalue weighted by atomic mass is 9.90. The lowest BCUT2D eigenvalue weighted by molar-refractivity contribution is 0.123. The van der Waals surface area contributed by atoms with E-state index >= 15 is 0 Å². The summed E-state index contributed by atoms with van der Waals surface area (Å²) in [4.78, 5) is 0. The molecule has 0 aliphatic carbocycles. The van der Waals surface area contributed by atoms with Gasteiger partial charge in [-0.15, -0.1) is 0 Å². The summed E-state index contributed by atoms with van der Waals surface area (Å²) < 4.78 is 5.59. The summed E-state index contributed by atoms with van der Waals surface area (Å²) in [5.41, 5.74) is 0.487. The zero-order chi connectivity index (χ0) is 11.6. The molecule has 0 amide bonds. The molecule has 0 unspecified atom stereocenters. The smallest absolute Gasteiger partial charge is 0.0466 e. The van der Waals surface area contributed by atoms with Gasteiger partial charge in [-0.1, -0.05) is 53.4 Å². The second-order valence-corrected chi connectivity index (χ2v) is 5.69. The topological polar surface area (TPSA) is 9.23 Å². The zero-order valence-electron chi connectivity index (χ0n) is 11.3. The van der Waals surface area contributed by atoms with Crippen LogP contribution in [0.2, 0.25) is 0 Å². The van der Waals surface area contributed by atoms with Crippen LogP contribution in [0.3, 0.4) is 0 Å². The molecule has 0 fully saturated rings. The van der Waals surface area contributed by atoms with Gasteiger partial charge >= 0.3 is 0 Å². The van der Waals surface area contributed by atoms with Gasteiger partial charge in [0.2, 0.25) is 0 Å². The van der Waals surface area contributed by atoms with Gasteiger partial charge in [-0.2, -0.15) is 0 Å². The van der Waals surface area contributed by atoms with Gasteiger partial charge in [0.15, 0.2) is 0 Å². The first-order valence-electron chi connectivity index (χ1n) is 6.64. The van der Waals surface area contributed by atoms with Crippen LogP contribution in [-0.2, 0) is 4.74 Å². The first kappa shape index (κ1) is 15.0. The SMILES string of the molecule is CCCCCCOCCCCC(C)(C)C. The normalized spacial score (nSPS) is 12.0. The Morgan fingerprint density at radius 2 is 1.40 bits per heavy atom. The van der Waals surface area contributed by atoms with Crippen LogP contribution in [0.4, 0.5) is 0 Å². The van der Waals surface area contributed by atoms with Crippen molar-refractivity contribution in [2.75, 3.05) is 13.2 Å². The van der Waals surface area contributed by atoms with Crippen molar-refractivity contribution in [2.24, 2.45) is 5.41 Å². The first-order valence-corrected chi connectivity index (χ1v) is 6.64. The number of hydrogen-bond acceptors (Lipinski definition) is 1. The molecule has 0 saturated carbocycles. The highest BCUT2D eigenvalue weighted by molar-refractivity contribution is 4.60. The van der Waals surface area contributed by atoms with Gasteiger partial charge in [0.1, 0.15) is 0 Å². The van der Waals surface area contributed by atoms with Crippen molar-refractivity contribution < 1.29 is 4.74 Å². The van der Waals surface area contributed by atoms with E-state index in [1.54, 1.807) is 0 Å². The van der Waals surface area contributed by atoms with E-state index in [0.717, 1.165) is 13.2 Å². The van der Waals surface area contributed by atoms with E-state index in [2.05, 4.69) is 27.7 Å². The summed E-state index contributed by atoms with van der Waals surface area (Å²) in [5, 5.41) is 0. The van der Waals surface area contributed by atoms with Crippen LogP contribution in [0, 0.1) is 5.41 Å². The third kappa shape index (κ3) is 14.0. The minimum Gasteiger partial charge on any atom is -0.381 e. The van der Waals surface area contributed by atoms with E-state index in [9.17, 15) is 0 Å². The van der Waals surface area contributed by atoms with Gasteiger partial charge in [-0.05, 0) is 24.7 Å². The fraction of sp³-hybridized carbons (Fsp3) is 1.00. The Balaban J connectivity index is 2.99. The molecule has 0 heterocycles. The summed E-state index contributed by atoms with van der Waals surface area (Å²) in [6.07, 6.45) is 9.08. The predicted molar refractivity (Wildman–Crippen MR) is 68.3 cm³/mol. The Morgan fingerprint density at radius 1 is 0.800 bits per heavy atom. The maximum absolute atomic E-state index is 5.59. The Labute approximate surface area is 96.6 Å². The van der Waals surface area contributed by atoms with Gasteiger partial charge in [0.25, 0.3) is 0 Å². The minimum atomic E-state index is 0.487. The molecule has 0 bridgehead atoms. The summed E-state index contributed by atoms with van der Waals surface area (Å²) in [6, 6.07) is 0. The quantitative estimate of drug-likeness (QED) is 0.501. The number of rotatable bonds is 9. The number of hydrogen-bond donors (Lipinski definition) is 0. The minimum absolute atomic E-state index is 0.487. The van der Waals surface area contributed by atoms with Gasteiger partial charge in [-0.25, -0.2) is 0 Å². The van der Waals surface area contributed by atoms with Crippen LogP contribution >= 0.6 is 0 Å². The molecule has 0 radical (unpaired) electrons. The number of ether oxygens (including phenoxy) is 1. The molecule has 92 valence electrons. The molecule has 0 rings (SSSR count). The lowest BCUT2D eigenvalue weighted by Gasteiger charge is -2.17. The zero-order valence-corrected chi connectivity index (χ0v) is 11.3. The maximum Gasteiger partial charge on any atom is 0.0466 e. The van der Waals surface area contributed by atoms with E-state index < -0.39 is 0 Å². The Bertz CT molecular complexity index is 124. The molecule has 0 aliphatic heterocycles. The fourth-order valence-corrected chi connectivity index (χ4v) is 1.59. The highest BCUT2D eigenvalue weighted by atomic mass is 16.5. The highest BCUT2D eigenvalue weighted by Gasteiger charge is 2.08. The van der Waals surface area contributed by atoms with E-state index in [1.807, 2.05) is 0 Å². The molecule has 0 saturated heterocycles. The van der Waals surface area contributed by atoms with E-state index in [1.165, 1.54) is 44.9 Å². The molecule has 15 heavy (non-hydrogen) atoms. The molecule has 0 aromatic heterocycles. The van der Waals surface area contributed by atoms with Crippen LogP contribution in [0.1, 0.15) is 72.6 Å². The molecule has 0 spiro atoms. The Hall–Kier alpha value is -0.0400. The highest BCUT2D eigenvalue weighted by Crippen LogP contribution is 2.21. The van der Waals surface area contributed by atoms with Crippen LogP contribution < -0.4 is 0 Å². The van der Waals surface area contributed by atoms with Crippen molar-refractivity contribution in [3.63, 3.8) is 0 Å². The van der Waals surface area contributed by atoms with Gasteiger partial charge < -0.3 is 4.74 Å². The molecular weight excluding hydrogens is 184 g/mol. The lowest BCUT2D eigenvalue weighted by Crippen LogP contribution is -2.05. The summed E-state index contributed by atoms with van der Waals surface area (Å²) in [6.45, 7) is 11.1. The van der Waals surface area contributed by atoms with E-state index in [-0.39, 0.29) is 0 Å². The monoisotopic (exact) mass is 214 g/mol. The fourth-order valence-electron chi connectivity index (χ4n) is 1.59. The molecule has 0 aromatic carbocycles. The van der Waals surface area contributed by atoms with Crippen molar-refractivity contribution >= 4 is 0 Å². The Morgan fingerprint density at radius 3 is 1.93 bits per heavy atom.